The van der Waals surface area contributed by atoms with Gasteiger partial charge in [-0.25, -0.2) is 0 Å². The number of amides is 1. The summed E-state index contributed by atoms with van der Waals surface area (Å²) in [5.41, 5.74) is 0.739. The number of ketones is 1. The lowest BCUT2D eigenvalue weighted by atomic mass is 9.95. The van der Waals surface area contributed by atoms with Gasteiger partial charge in [-0.05, 0) is 62.2 Å². The van der Waals surface area contributed by atoms with Crippen molar-refractivity contribution >= 4 is 23.1 Å². The van der Waals surface area contributed by atoms with Gasteiger partial charge >= 0.3 is 0 Å². The van der Waals surface area contributed by atoms with E-state index in [1.165, 1.54) is 29.2 Å². The molecule has 10 nitrogen and oxygen atoms in total. The molecule has 10 heteroatoms. The Balaban J connectivity index is 1.66. The number of likely N-dealkylation sites (tertiary alicyclic amines) is 1. The predicted octanol–water partition coefficient (Wildman–Crippen LogP) is 3.53. The molecule has 0 spiro atoms. The van der Waals surface area contributed by atoms with E-state index in [0.717, 1.165) is 19.6 Å². The number of morpholine rings is 1. The fourth-order valence-electron chi connectivity index (χ4n) is 4.64. The molecule has 1 amide bonds. The van der Waals surface area contributed by atoms with Crippen molar-refractivity contribution in [2.24, 2.45) is 0 Å². The maximum Gasteiger partial charge on any atom is 0.295 e. The van der Waals surface area contributed by atoms with Crippen LogP contribution >= 0.6 is 0 Å². The molecule has 0 bridgehead atoms. The number of hydrogen-bond acceptors (Lipinski definition) is 8. The SMILES string of the molecule is CC(C)Oc1ccc(/C(O)=C2\C(=O)C(=O)N(CCCN3CCOCC3)[C@H]2c2ccc([N+](=O)[O-])cc2)cc1. The van der Waals surface area contributed by atoms with Gasteiger partial charge in [0, 0.05) is 43.9 Å². The standard InChI is InChI=1S/C27H31N3O7/c1-18(2)37-22-10-6-20(7-11-22)25(31)23-24(19-4-8-21(9-5-19)30(34)35)29(27(33)26(23)32)13-3-12-28-14-16-36-17-15-28/h4-11,18,24,31H,3,12-17H2,1-2H3/b25-23+/t24-/m0/s1. The fraction of sp³-hybridized carbons (Fsp3) is 0.407. The molecule has 0 radical (unpaired) electrons. The Morgan fingerprint density at radius 3 is 2.32 bits per heavy atom. The quantitative estimate of drug-likeness (QED) is 0.179. The van der Waals surface area contributed by atoms with Crippen molar-refractivity contribution in [3.05, 3.63) is 75.3 Å². The number of nitrogens with zero attached hydrogens (tertiary/aromatic N) is 3. The molecule has 1 N–H and O–H groups in total. The van der Waals surface area contributed by atoms with Gasteiger partial charge in [-0.15, -0.1) is 0 Å². The summed E-state index contributed by atoms with van der Waals surface area (Å²) in [4.78, 5) is 40.7. The number of hydrogen-bond donors (Lipinski definition) is 1. The van der Waals surface area contributed by atoms with Gasteiger partial charge in [0.2, 0.25) is 0 Å². The van der Waals surface area contributed by atoms with Crippen LogP contribution in [-0.2, 0) is 14.3 Å². The second-order valence-corrected chi connectivity index (χ2v) is 9.34. The number of nitro benzene ring substituents is 1. The molecule has 37 heavy (non-hydrogen) atoms. The molecule has 0 unspecified atom stereocenters. The monoisotopic (exact) mass is 509 g/mol. The number of nitro groups is 1. The van der Waals surface area contributed by atoms with Gasteiger partial charge in [-0.3, -0.25) is 24.6 Å². The van der Waals surface area contributed by atoms with Crippen LogP contribution in [0.5, 0.6) is 5.75 Å². The van der Waals surface area contributed by atoms with E-state index < -0.39 is 22.7 Å². The Bertz CT molecular complexity index is 1170. The van der Waals surface area contributed by atoms with Crippen molar-refractivity contribution in [3.8, 4) is 5.75 Å². The first-order chi connectivity index (χ1) is 17.8. The highest BCUT2D eigenvalue weighted by Gasteiger charge is 2.46. The molecule has 1 atom stereocenters. The van der Waals surface area contributed by atoms with Crippen molar-refractivity contribution < 1.29 is 29.1 Å². The highest BCUT2D eigenvalue weighted by atomic mass is 16.6. The summed E-state index contributed by atoms with van der Waals surface area (Å²) in [5, 5.41) is 22.4. The molecule has 2 saturated heterocycles. The Kier molecular flexibility index (Phi) is 8.20. The van der Waals surface area contributed by atoms with Crippen LogP contribution in [0.4, 0.5) is 5.69 Å². The minimum atomic E-state index is -0.864. The van der Waals surface area contributed by atoms with Crippen LogP contribution in [0.3, 0.4) is 0 Å². The molecule has 2 aliphatic rings. The molecule has 2 aromatic carbocycles. The molecule has 0 aromatic heterocycles. The van der Waals surface area contributed by atoms with Crippen molar-refractivity contribution in [1.29, 1.82) is 0 Å². The van der Waals surface area contributed by atoms with E-state index in [4.69, 9.17) is 9.47 Å². The molecule has 0 saturated carbocycles. The number of benzene rings is 2. The molecular weight excluding hydrogens is 478 g/mol. The van der Waals surface area contributed by atoms with Crippen molar-refractivity contribution in [2.45, 2.75) is 32.4 Å². The Hall–Kier alpha value is -3.76. The first-order valence-corrected chi connectivity index (χ1v) is 12.4. The van der Waals surface area contributed by atoms with Gasteiger partial charge < -0.3 is 19.5 Å². The maximum atomic E-state index is 13.2. The summed E-state index contributed by atoms with van der Waals surface area (Å²) >= 11 is 0. The van der Waals surface area contributed by atoms with Gasteiger partial charge in [0.25, 0.3) is 17.4 Å². The van der Waals surface area contributed by atoms with Crippen LogP contribution in [0.2, 0.25) is 0 Å². The minimum Gasteiger partial charge on any atom is -0.507 e. The van der Waals surface area contributed by atoms with E-state index in [9.17, 15) is 24.8 Å². The number of aliphatic hydroxyl groups is 1. The summed E-state index contributed by atoms with van der Waals surface area (Å²) in [6.07, 6.45) is 0.599. The first kappa shape index (κ1) is 26.3. The zero-order valence-corrected chi connectivity index (χ0v) is 21.0. The number of carbonyl (C=O) groups excluding carboxylic acids is 2. The molecule has 0 aliphatic carbocycles. The summed E-state index contributed by atoms with van der Waals surface area (Å²) in [5.74, 6) is -1.17. The molecule has 2 heterocycles. The topological polar surface area (TPSA) is 122 Å². The zero-order chi connectivity index (χ0) is 26.5. The van der Waals surface area contributed by atoms with E-state index >= 15 is 0 Å². The molecule has 2 aliphatic heterocycles. The third-order valence-electron chi connectivity index (χ3n) is 6.44. The summed E-state index contributed by atoms with van der Waals surface area (Å²) in [6, 6.07) is 11.5. The van der Waals surface area contributed by atoms with Crippen LogP contribution in [-0.4, -0.2) is 77.0 Å². The van der Waals surface area contributed by atoms with Crippen LogP contribution in [0, 0.1) is 10.1 Å². The molecule has 196 valence electrons. The van der Waals surface area contributed by atoms with E-state index in [1.54, 1.807) is 24.3 Å². The van der Waals surface area contributed by atoms with E-state index in [0.29, 0.717) is 43.1 Å². The lowest BCUT2D eigenvalue weighted by molar-refractivity contribution is -0.384. The van der Waals surface area contributed by atoms with Gasteiger partial charge in [-0.1, -0.05) is 0 Å². The highest BCUT2D eigenvalue weighted by molar-refractivity contribution is 6.46. The van der Waals surface area contributed by atoms with Crippen LogP contribution in [0.1, 0.15) is 37.4 Å². The van der Waals surface area contributed by atoms with Gasteiger partial charge in [-0.2, -0.15) is 0 Å². The first-order valence-electron chi connectivity index (χ1n) is 12.4. The number of non-ortho nitro benzene ring substituents is 1. The normalized spacial score (nSPS) is 20.0. The summed E-state index contributed by atoms with van der Waals surface area (Å²) < 4.78 is 11.0. The molecule has 4 rings (SSSR count). The van der Waals surface area contributed by atoms with Gasteiger partial charge in [0.05, 0.1) is 35.9 Å². The number of carbonyl (C=O) groups is 2. The average molecular weight is 510 g/mol. The summed E-state index contributed by atoms with van der Waals surface area (Å²) in [6.45, 7) is 7.76. The van der Waals surface area contributed by atoms with Crippen LogP contribution < -0.4 is 4.74 Å². The van der Waals surface area contributed by atoms with Crippen LogP contribution in [0.25, 0.3) is 5.76 Å². The maximum absolute atomic E-state index is 13.2. The smallest absolute Gasteiger partial charge is 0.295 e. The number of ether oxygens (including phenoxy) is 2. The molecular formula is C27H31N3O7. The third-order valence-corrected chi connectivity index (χ3v) is 6.44. The Morgan fingerprint density at radius 2 is 1.73 bits per heavy atom. The largest absolute Gasteiger partial charge is 0.507 e. The average Bonchev–Trinajstić information content (AvgIpc) is 3.14. The summed E-state index contributed by atoms with van der Waals surface area (Å²) in [7, 11) is 0. The van der Waals surface area contributed by atoms with E-state index in [-0.39, 0.29) is 23.1 Å². The second-order valence-electron chi connectivity index (χ2n) is 9.34. The van der Waals surface area contributed by atoms with Crippen molar-refractivity contribution in [2.75, 3.05) is 39.4 Å². The van der Waals surface area contributed by atoms with E-state index in [1.807, 2.05) is 13.8 Å². The Morgan fingerprint density at radius 1 is 1.08 bits per heavy atom. The van der Waals surface area contributed by atoms with Crippen molar-refractivity contribution in [3.63, 3.8) is 0 Å². The lowest BCUT2D eigenvalue weighted by Gasteiger charge is -2.29. The highest BCUT2D eigenvalue weighted by Crippen LogP contribution is 2.40. The predicted molar refractivity (Wildman–Crippen MR) is 136 cm³/mol. The fourth-order valence-corrected chi connectivity index (χ4v) is 4.64. The number of rotatable bonds is 9. The molecule has 2 aromatic rings. The minimum absolute atomic E-state index is 0.0237. The lowest BCUT2D eigenvalue weighted by Crippen LogP contribution is -2.38. The van der Waals surface area contributed by atoms with E-state index in [2.05, 4.69) is 4.90 Å². The zero-order valence-electron chi connectivity index (χ0n) is 21.0. The number of Topliss-reactive ketones (excluding diaryl/α,β-unsaturated/α-hetero) is 1. The van der Waals surface area contributed by atoms with Crippen molar-refractivity contribution in [1.82, 2.24) is 9.80 Å². The Labute approximate surface area is 215 Å². The molecule has 2 fully saturated rings. The number of aliphatic hydroxyl groups excluding tert-OH is 1. The van der Waals surface area contributed by atoms with Gasteiger partial charge in [0.1, 0.15) is 11.5 Å². The second kappa shape index (κ2) is 11.5. The van der Waals surface area contributed by atoms with Crippen LogP contribution in [0.15, 0.2) is 54.1 Å². The third kappa shape index (κ3) is 5.98. The van der Waals surface area contributed by atoms with Gasteiger partial charge in [0.15, 0.2) is 0 Å².